The van der Waals surface area contributed by atoms with E-state index in [1.165, 1.54) is 16.8 Å². The highest BCUT2D eigenvalue weighted by Gasteiger charge is 2.08. The number of aryl methyl sites for hydroxylation is 1. The SMILES string of the molecule is C/C=C(C)/C=N/N(Cc1ccc(C)cc1)/C(=C/C)CCCN.C/C=C\C(C)Cl. The zero-order valence-electron chi connectivity index (χ0n) is 18.5. The van der Waals surface area contributed by atoms with Crippen LogP contribution in [0.25, 0.3) is 0 Å². The van der Waals surface area contributed by atoms with Crippen LogP contribution in [0.5, 0.6) is 0 Å². The van der Waals surface area contributed by atoms with Crippen molar-refractivity contribution in [2.24, 2.45) is 10.8 Å². The van der Waals surface area contributed by atoms with Crippen molar-refractivity contribution in [2.75, 3.05) is 6.54 Å². The molecule has 0 aliphatic carbocycles. The van der Waals surface area contributed by atoms with Crippen LogP contribution in [-0.2, 0) is 6.54 Å². The Kier molecular flexibility index (Phi) is 15.1. The van der Waals surface area contributed by atoms with Crippen molar-refractivity contribution in [3.8, 4) is 0 Å². The van der Waals surface area contributed by atoms with Gasteiger partial charge in [-0.25, -0.2) is 0 Å². The quantitative estimate of drug-likeness (QED) is 0.219. The van der Waals surface area contributed by atoms with Crippen LogP contribution >= 0.6 is 11.6 Å². The number of nitrogens with zero attached hydrogens (tertiary/aromatic N) is 2. The molecule has 0 heterocycles. The minimum absolute atomic E-state index is 0.190. The Balaban J connectivity index is 0.00000105. The lowest BCUT2D eigenvalue weighted by Crippen LogP contribution is -2.18. The molecule has 0 aliphatic rings. The van der Waals surface area contributed by atoms with Crippen LogP contribution in [0.4, 0.5) is 0 Å². The largest absolute Gasteiger partial charge is 0.330 e. The summed E-state index contributed by atoms with van der Waals surface area (Å²) in [6.45, 7) is 13.6. The first-order valence-electron chi connectivity index (χ1n) is 10.00. The number of halogens is 1. The normalized spacial score (nSPS) is 13.6. The van der Waals surface area contributed by atoms with Gasteiger partial charge >= 0.3 is 0 Å². The van der Waals surface area contributed by atoms with Gasteiger partial charge in [-0.05, 0) is 72.1 Å². The molecule has 1 rings (SSSR count). The maximum atomic E-state index is 5.65. The summed E-state index contributed by atoms with van der Waals surface area (Å²) in [6, 6.07) is 8.61. The van der Waals surface area contributed by atoms with Crippen molar-refractivity contribution in [3.63, 3.8) is 0 Å². The van der Waals surface area contributed by atoms with Crippen molar-refractivity contribution >= 4 is 17.8 Å². The third kappa shape index (κ3) is 12.5. The van der Waals surface area contributed by atoms with Gasteiger partial charge in [-0.3, -0.25) is 5.01 Å². The van der Waals surface area contributed by atoms with Crippen molar-refractivity contribution in [1.82, 2.24) is 5.01 Å². The summed E-state index contributed by atoms with van der Waals surface area (Å²) in [5, 5.41) is 6.93. The molecular weight excluding hydrogens is 366 g/mol. The number of allylic oxidation sites excluding steroid dienone is 6. The lowest BCUT2D eigenvalue weighted by Gasteiger charge is -2.22. The molecule has 0 aromatic heterocycles. The van der Waals surface area contributed by atoms with Gasteiger partial charge in [0.15, 0.2) is 0 Å². The maximum absolute atomic E-state index is 5.65. The van der Waals surface area contributed by atoms with Gasteiger partial charge in [0.2, 0.25) is 0 Å². The van der Waals surface area contributed by atoms with Crippen molar-refractivity contribution in [3.05, 3.63) is 71.0 Å². The first-order chi connectivity index (χ1) is 13.4. The number of alkyl halides is 1. The predicted molar refractivity (Wildman–Crippen MR) is 127 cm³/mol. The van der Waals surface area contributed by atoms with E-state index in [2.05, 4.69) is 67.3 Å². The van der Waals surface area contributed by atoms with E-state index >= 15 is 0 Å². The van der Waals surface area contributed by atoms with Crippen LogP contribution in [0, 0.1) is 6.92 Å². The molecule has 1 atom stereocenters. The monoisotopic (exact) mass is 403 g/mol. The number of hydrogen-bond donors (Lipinski definition) is 1. The molecule has 3 nitrogen and oxygen atoms in total. The third-order valence-electron chi connectivity index (χ3n) is 4.07. The predicted octanol–water partition coefficient (Wildman–Crippen LogP) is 6.58. The summed E-state index contributed by atoms with van der Waals surface area (Å²) >= 11 is 5.49. The molecule has 0 saturated carbocycles. The fraction of sp³-hybridized carbons (Fsp3) is 0.458. The lowest BCUT2D eigenvalue weighted by atomic mass is 10.1. The van der Waals surface area contributed by atoms with Crippen LogP contribution < -0.4 is 5.73 Å². The number of hydrogen-bond acceptors (Lipinski definition) is 3. The average Bonchev–Trinajstić information content (AvgIpc) is 2.68. The molecule has 156 valence electrons. The zero-order valence-corrected chi connectivity index (χ0v) is 19.2. The Morgan fingerprint density at radius 3 is 2.25 bits per heavy atom. The molecule has 1 unspecified atom stereocenters. The van der Waals surface area contributed by atoms with E-state index in [-0.39, 0.29) is 5.38 Å². The highest BCUT2D eigenvalue weighted by Crippen LogP contribution is 2.17. The highest BCUT2D eigenvalue weighted by atomic mass is 35.5. The Morgan fingerprint density at radius 2 is 1.82 bits per heavy atom. The second kappa shape index (κ2) is 16.1. The summed E-state index contributed by atoms with van der Waals surface area (Å²) in [5.41, 5.74) is 10.6. The minimum Gasteiger partial charge on any atom is -0.330 e. The summed E-state index contributed by atoms with van der Waals surface area (Å²) in [4.78, 5) is 0. The van der Waals surface area contributed by atoms with Crippen LogP contribution in [0.15, 0.2) is 64.9 Å². The Morgan fingerprint density at radius 1 is 1.18 bits per heavy atom. The molecule has 0 amide bonds. The van der Waals surface area contributed by atoms with Crippen LogP contribution in [0.2, 0.25) is 0 Å². The van der Waals surface area contributed by atoms with Gasteiger partial charge in [-0.2, -0.15) is 5.10 Å². The Hall–Kier alpha value is -1.84. The van der Waals surface area contributed by atoms with E-state index in [0.29, 0.717) is 6.54 Å². The number of rotatable bonds is 9. The standard InChI is InChI=1S/C19H29N3.C5H9Cl/c1-5-16(3)14-21-22(19(6-2)8-7-13-20)15-18-11-9-17(4)10-12-18;1-3-4-5(2)6/h5-6,9-12,14H,7-8,13,15,20H2,1-4H3;3-5H,1-2H3/b16-5+,19-6+,21-14+;4-3-. The van der Waals surface area contributed by atoms with Crippen molar-refractivity contribution in [2.45, 2.75) is 66.3 Å². The smallest absolute Gasteiger partial charge is 0.0662 e. The molecule has 1 aromatic carbocycles. The van der Waals surface area contributed by atoms with E-state index in [1.54, 1.807) is 0 Å². The molecule has 0 spiro atoms. The molecule has 0 fully saturated rings. The summed E-state index contributed by atoms with van der Waals surface area (Å²) < 4.78 is 0. The minimum atomic E-state index is 0.190. The second-order valence-electron chi connectivity index (χ2n) is 6.70. The van der Waals surface area contributed by atoms with E-state index < -0.39 is 0 Å². The first kappa shape index (κ1) is 26.2. The highest BCUT2D eigenvalue weighted by molar-refractivity contribution is 6.21. The first-order valence-corrected chi connectivity index (χ1v) is 10.4. The molecular formula is C24H38ClN3. The van der Waals surface area contributed by atoms with E-state index in [9.17, 15) is 0 Å². The molecule has 0 aliphatic heterocycles. The van der Waals surface area contributed by atoms with Gasteiger partial charge in [0, 0.05) is 11.1 Å². The van der Waals surface area contributed by atoms with E-state index in [1.807, 2.05) is 39.1 Å². The van der Waals surface area contributed by atoms with Crippen LogP contribution in [0.3, 0.4) is 0 Å². The summed E-state index contributed by atoms with van der Waals surface area (Å²) in [7, 11) is 0. The fourth-order valence-corrected chi connectivity index (χ4v) is 2.43. The van der Waals surface area contributed by atoms with Gasteiger partial charge in [0.25, 0.3) is 0 Å². The van der Waals surface area contributed by atoms with E-state index in [0.717, 1.165) is 25.0 Å². The van der Waals surface area contributed by atoms with Gasteiger partial charge < -0.3 is 5.73 Å². The van der Waals surface area contributed by atoms with Gasteiger partial charge in [0.1, 0.15) is 0 Å². The van der Waals surface area contributed by atoms with Crippen molar-refractivity contribution < 1.29 is 0 Å². The summed E-state index contributed by atoms with van der Waals surface area (Å²) in [5.74, 6) is 0. The van der Waals surface area contributed by atoms with Crippen LogP contribution in [-0.4, -0.2) is 23.1 Å². The Bertz CT molecular complexity index is 640. The summed E-state index contributed by atoms with van der Waals surface area (Å²) in [6.07, 6.45) is 11.9. The maximum Gasteiger partial charge on any atom is 0.0662 e. The molecule has 4 heteroatoms. The topological polar surface area (TPSA) is 41.6 Å². The molecule has 0 radical (unpaired) electrons. The van der Waals surface area contributed by atoms with E-state index in [4.69, 9.17) is 17.3 Å². The molecule has 0 bridgehead atoms. The van der Waals surface area contributed by atoms with Crippen molar-refractivity contribution in [1.29, 1.82) is 0 Å². The van der Waals surface area contributed by atoms with Gasteiger partial charge in [0.05, 0.1) is 12.8 Å². The molecule has 2 N–H and O–H groups in total. The molecule has 1 aromatic rings. The van der Waals surface area contributed by atoms with Gasteiger partial charge in [-0.1, -0.05) is 54.1 Å². The average molecular weight is 404 g/mol. The number of hydrazone groups is 1. The Labute approximate surface area is 177 Å². The number of nitrogens with two attached hydrogens (primary N) is 1. The molecule has 28 heavy (non-hydrogen) atoms. The van der Waals surface area contributed by atoms with Crippen LogP contribution in [0.1, 0.15) is 58.6 Å². The zero-order chi connectivity index (χ0) is 21.4. The second-order valence-corrected chi connectivity index (χ2v) is 7.38. The lowest BCUT2D eigenvalue weighted by molar-refractivity contribution is 0.342. The number of benzene rings is 1. The van der Waals surface area contributed by atoms with Gasteiger partial charge in [-0.15, -0.1) is 11.6 Å². The molecule has 0 saturated heterocycles. The third-order valence-corrected chi connectivity index (χ3v) is 4.21. The fourth-order valence-electron chi connectivity index (χ4n) is 2.29.